The van der Waals surface area contributed by atoms with Crippen LogP contribution in [0.5, 0.6) is 0 Å². The van der Waals surface area contributed by atoms with Crippen LogP contribution in [0.2, 0.25) is 0 Å². The molecule has 3 nitrogen and oxygen atoms in total. The van der Waals surface area contributed by atoms with Crippen LogP contribution >= 0.6 is 0 Å². The number of primary amides is 1. The summed E-state index contributed by atoms with van der Waals surface area (Å²) in [5.41, 5.74) is 6.58. The Bertz CT molecular complexity index is 344. The zero-order valence-corrected chi connectivity index (χ0v) is 9.36. The zero-order chi connectivity index (χ0) is 11.4. The Kier molecular flexibility index (Phi) is 3.57. The Morgan fingerprint density at radius 3 is 2.69 bits per heavy atom. The molecule has 3 heteroatoms. The van der Waals surface area contributed by atoms with Crippen molar-refractivity contribution >= 4 is 5.91 Å². The molecular formula is C13H18N2O. The summed E-state index contributed by atoms with van der Waals surface area (Å²) >= 11 is 0. The van der Waals surface area contributed by atoms with Gasteiger partial charge in [-0.3, -0.25) is 4.79 Å². The number of carbonyl (C=O) groups excluding carboxylic acids is 1. The Labute approximate surface area is 96.0 Å². The van der Waals surface area contributed by atoms with Gasteiger partial charge in [-0.2, -0.15) is 0 Å². The van der Waals surface area contributed by atoms with Crippen molar-refractivity contribution in [1.82, 2.24) is 5.32 Å². The summed E-state index contributed by atoms with van der Waals surface area (Å²) in [7, 11) is 0. The highest BCUT2D eigenvalue weighted by Crippen LogP contribution is 2.29. The molecule has 0 aromatic heterocycles. The lowest BCUT2D eigenvalue weighted by Gasteiger charge is -2.29. The minimum atomic E-state index is -0.208. The van der Waals surface area contributed by atoms with Crippen molar-refractivity contribution < 1.29 is 4.79 Å². The molecule has 2 rings (SSSR count). The Hall–Kier alpha value is -1.35. The van der Waals surface area contributed by atoms with Gasteiger partial charge in [0.1, 0.15) is 0 Å². The second-order valence-electron chi connectivity index (χ2n) is 4.40. The molecule has 3 N–H and O–H groups in total. The summed E-state index contributed by atoms with van der Waals surface area (Å²) in [5.74, 6) is -0.0115. The molecule has 0 saturated carbocycles. The van der Waals surface area contributed by atoms with Gasteiger partial charge in [0.05, 0.1) is 5.92 Å². The van der Waals surface area contributed by atoms with E-state index in [1.807, 2.05) is 30.3 Å². The molecule has 1 aromatic rings. The molecule has 0 spiro atoms. The van der Waals surface area contributed by atoms with Crippen LogP contribution < -0.4 is 11.1 Å². The molecule has 1 aliphatic rings. The van der Waals surface area contributed by atoms with E-state index < -0.39 is 0 Å². The normalized spacial score (nSPS) is 22.6. The first kappa shape index (κ1) is 11.1. The summed E-state index contributed by atoms with van der Waals surface area (Å²) in [6, 6.07) is 9.86. The number of carbonyl (C=O) groups is 1. The average Bonchev–Trinajstić information content (AvgIpc) is 2.31. The molecule has 0 aliphatic carbocycles. The van der Waals surface area contributed by atoms with Gasteiger partial charge in [0.15, 0.2) is 0 Å². The Morgan fingerprint density at radius 2 is 2.12 bits per heavy atom. The van der Waals surface area contributed by atoms with Crippen molar-refractivity contribution in [3.05, 3.63) is 35.9 Å². The second-order valence-corrected chi connectivity index (χ2v) is 4.40. The highest BCUT2D eigenvalue weighted by atomic mass is 16.1. The van der Waals surface area contributed by atoms with E-state index in [-0.39, 0.29) is 11.8 Å². The first-order valence-corrected chi connectivity index (χ1v) is 5.84. The second kappa shape index (κ2) is 5.12. The van der Waals surface area contributed by atoms with Crippen molar-refractivity contribution in [1.29, 1.82) is 0 Å². The first-order valence-electron chi connectivity index (χ1n) is 5.84. The number of hydrogen-bond acceptors (Lipinski definition) is 2. The van der Waals surface area contributed by atoms with Crippen molar-refractivity contribution in [2.45, 2.75) is 18.8 Å². The smallest absolute Gasteiger partial charge is 0.225 e. The van der Waals surface area contributed by atoms with E-state index in [9.17, 15) is 4.79 Å². The van der Waals surface area contributed by atoms with Crippen LogP contribution in [-0.2, 0) is 4.79 Å². The van der Waals surface area contributed by atoms with Gasteiger partial charge in [0.2, 0.25) is 5.91 Å². The molecule has 1 amide bonds. The lowest BCUT2D eigenvalue weighted by atomic mass is 9.81. The molecule has 16 heavy (non-hydrogen) atoms. The quantitative estimate of drug-likeness (QED) is 0.802. The third kappa shape index (κ3) is 2.42. The molecule has 2 atom stereocenters. The fourth-order valence-electron chi connectivity index (χ4n) is 2.49. The maximum absolute atomic E-state index is 11.6. The molecule has 0 radical (unpaired) electrons. The van der Waals surface area contributed by atoms with E-state index in [4.69, 9.17) is 5.73 Å². The summed E-state index contributed by atoms with van der Waals surface area (Å²) in [6.07, 6.45) is 2.21. The van der Waals surface area contributed by atoms with Crippen LogP contribution in [0, 0.1) is 5.92 Å². The number of benzene rings is 1. The molecule has 2 unspecified atom stereocenters. The largest absolute Gasteiger partial charge is 0.369 e. The highest BCUT2D eigenvalue weighted by molar-refractivity contribution is 5.82. The van der Waals surface area contributed by atoms with Gasteiger partial charge in [-0.1, -0.05) is 30.3 Å². The maximum Gasteiger partial charge on any atom is 0.225 e. The van der Waals surface area contributed by atoms with Crippen LogP contribution in [0.1, 0.15) is 24.3 Å². The lowest BCUT2D eigenvalue weighted by molar-refractivity contribution is -0.120. The lowest BCUT2D eigenvalue weighted by Crippen LogP contribution is -2.38. The van der Waals surface area contributed by atoms with Gasteiger partial charge >= 0.3 is 0 Å². The first-order chi connectivity index (χ1) is 7.79. The van der Waals surface area contributed by atoms with Gasteiger partial charge in [-0.15, -0.1) is 0 Å². The third-order valence-corrected chi connectivity index (χ3v) is 3.27. The minimum Gasteiger partial charge on any atom is -0.369 e. The zero-order valence-electron chi connectivity index (χ0n) is 9.36. The Morgan fingerprint density at radius 1 is 1.38 bits per heavy atom. The Balaban J connectivity index is 2.20. The number of nitrogens with one attached hydrogen (secondary N) is 1. The van der Waals surface area contributed by atoms with E-state index in [2.05, 4.69) is 5.32 Å². The van der Waals surface area contributed by atoms with Gasteiger partial charge in [0, 0.05) is 0 Å². The fourth-order valence-corrected chi connectivity index (χ4v) is 2.49. The van der Waals surface area contributed by atoms with Gasteiger partial charge < -0.3 is 11.1 Å². The summed E-state index contributed by atoms with van der Waals surface area (Å²) in [6.45, 7) is 1.94. The van der Waals surface area contributed by atoms with Crippen molar-refractivity contribution in [3.63, 3.8) is 0 Å². The molecular weight excluding hydrogens is 200 g/mol. The summed E-state index contributed by atoms with van der Waals surface area (Å²) in [4.78, 5) is 11.6. The fraction of sp³-hybridized carbons (Fsp3) is 0.462. The highest BCUT2D eigenvalue weighted by Gasteiger charge is 2.28. The maximum atomic E-state index is 11.6. The molecule has 1 saturated heterocycles. The van der Waals surface area contributed by atoms with Crippen molar-refractivity contribution in [3.8, 4) is 0 Å². The van der Waals surface area contributed by atoms with E-state index in [1.165, 1.54) is 0 Å². The van der Waals surface area contributed by atoms with E-state index in [0.717, 1.165) is 31.5 Å². The summed E-state index contributed by atoms with van der Waals surface area (Å²) < 4.78 is 0. The van der Waals surface area contributed by atoms with Crippen LogP contribution in [0.3, 0.4) is 0 Å². The minimum absolute atomic E-state index is 0.144. The average molecular weight is 218 g/mol. The van der Waals surface area contributed by atoms with Crippen molar-refractivity contribution in [2.75, 3.05) is 13.1 Å². The third-order valence-electron chi connectivity index (χ3n) is 3.27. The van der Waals surface area contributed by atoms with Gasteiger partial charge in [0.25, 0.3) is 0 Å². The molecule has 0 bridgehead atoms. The molecule has 1 aliphatic heterocycles. The molecule has 1 aromatic carbocycles. The monoisotopic (exact) mass is 218 g/mol. The van der Waals surface area contributed by atoms with Crippen LogP contribution in [-0.4, -0.2) is 19.0 Å². The molecule has 86 valence electrons. The number of nitrogens with two attached hydrogens (primary N) is 1. The van der Waals surface area contributed by atoms with E-state index in [1.54, 1.807) is 0 Å². The number of rotatable bonds is 3. The van der Waals surface area contributed by atoms with Gasteiger partial charge in [-0.25, -0.2) is 0 Å². The number of hydrogen-bond donors (Lipinski definition) is 2. The van der Waals surface area contributed by atoms with E-state index >= 15 is 0 Å². The number of amides is 1. The van der Waals surface area contributed by atoms with Crippen LogP contribution in [0.25, 0.3) is 0 Å². The standard InChI is InChI=1S/C13H18N2O/c14-13(16)12(10-5-2-1-3-6-10)11-7-4-8-15-9-11/h1-3,5-6,11-12,15H,4,7-9H2,(H2,14,16). The van der Waals surface area contributed by atoms with E-state index in [0.29, 0.717) is 5.92 Å². The topological polar surface area (TPSA) is 55.1 Å². The van der Waals surface area contributed by atoms with Crippen LogP contribution in [0.4, 0.5) is 0 Å². The van der Waals surface area contributed by atoms with Gasteiger partial charge in [-0.05, 0) is 37.4 Å². The molecule has 1 fully saturated rings. The van der Waals surface area contributed by atoms with Crippen molar-refractivity contribution in [2.24, 2.45) is 11.7 Å². The molecule has 1 heterocycles. The predicted molar refractivity (Wildman–Crippen MR) is 64.0 cm³/mol. The summed E-state index contributed by atoms with van der Waals surface area (Å²) in [5, 5.41) is 3.33. The predicted octanol–water partition coefficient (Wildman–Crippen LogP) is 1.26. The van der Waals surface area contributed by atoms with Crippen LogP contribution in [0.15, 0.2) is 30.3 Å². The number of piperidine rings is 1. The SMILES string of the molecule is NC(=O)C(c1ccccc1)C1CCCNC1.